The molecular formula is C14H16N2O3. The minimum Gasteiger partial charge on any atom is -0.459 e. The lowest BCUT2D eigenvalue weighted by Crippen LogP contribution is -2.19. The molecule has 100 valence electrons. The van der Waals surface area contributed by atoms with E-state index >= 15 is 0 Å². The van der Waals surface area contributed by atoms with E-state index in [9.17, 15) is 9.59 Å². The Kier molecular flexibility index (Phi) is 3.64. The number of carbonyl (C=O) groups excluding carboxylic acids is 2. The number of nitrogens with zero attached hydrogens (tertiary/aromatic N) is 2. The van der Waals surface area contributed by atoms with Gasteiger partial charge in [-0.3, -0.25) is 4.79 Å². The second kappa shape index (κ2) is 5.22. The first-order valence-electron chi connectivity index (χ1n) is 6.15. The minimum atomic E-state index is -0.367. The number of esters is 1. The fourth-order valence-corrected chi connectivity index (χ4v) is 1.78. The van der Waals surface area contributed by atoms with Gasteiger partial charge in [-0.05, 0) is 45.0 Å². The molecule has 1 aromatic rings. The molecule has 0 aromatic heterocycles. The molecule has 0 N–H and O–H groups in total. The summed E-state index contributed by atoms with van der Waals surface area (Å²) < 4.78 is 5.09. The Bertz CT molecular complexity index is 532. The maximum atomic E-state index is 11.7. The SMILES string of the molecule is CC1=NN(c2ccc(C(=O)OC(C)C)cc2)C(=O)C1. The molecule has 1 aromatic carbocycles. The molecule has 0 fully saturated rings. The third-order valence-electron chi connectivity index (χ3n) is 2.60. The van der Waals surface area contributed by atoms with Crippen LogP contribution in [0, 0.1) is 0 Å². The van der Waals surface area contributed by atoms with Gasteiger partial charge in [-0.15, -0.1) is 0 Å². The van der Waals surface area contributed by atoms with E-state index in [-0.39, 0.29) is 18.0 Å². The molecule has 1 heterocycles. The highest BCUT2D eigenvalue weighted by atomic mass is 16.5. The molecule has 0 saturated carbocycles. The lowest BCUT2D eigenvalue weighted by atomic mass is 10.2. The van der Waals surface area contributed by atoms with Crippen molar-refractivity contribution in [2.45, 2.75) is 33.3 Å². The van der Waals surface area contributed by atoms with E-state index in [1.165, 1.54) is 5.01 Å². The van der Waals surface area contributed by atoms with Crippen molar-refractivity contribution in [3.63, 3.8) is 0 Å². The fourth-order valence-electron chi connectivity index (χ4n) is 1.78. The Hall–Kier alpha value is -2.17. The summed E-state index contributed by atoms with van der Waals surface area (Å²) in [5, 5.41) is 5.50. The summed E-state index contributed by atoms with van der Waals surface area (Å²) in [6.07, 6.45) is 0.191. The Morgan fingerprint density at radius 3 is 2.42 bits per heavy atom. The standard InChI is InChI=1S/C14H16N2O3/c1-9(2)19-14(18)11-4-6-12(7-5-11)16-13(17)8-10(3)15-16/h4-7,9H,8H2,1-3H3. The molecule has 5 heteroatoms. The van der Waals surface area contributed by atoms with Crippen molar-refractivity contribution in [3.05, 3.63) is 29.8 Å². The number of carbonyl (C=O) groups is 2. The summed E-state index contributed by atoms with van der Waals surface area (Å²) in [5.41, 5.74) is 1.90. The molecule has 1 aliphatic heterocycles. The van der Waals surface area contributed by atoms with Gasteiger partial charge in [0.25, 0.3) is 5.91 Å². The number of hydrazone groups is 1. The quantitative estimate of drug-likeness (QED) is 0.784. The number of hydrogen-bond donors (Lipinski definition) is 0. The average molecular weight is 260 g/mol. The molecule has 1 aliphatic rings. The Labute approximate surface area is 111 Å². The van der Waals surface area contributed by atoms with Crippen LogP contribution in [0.15, 0.2) is 29.4 Å². The van der Waals surface area contributed by atoms with Gasteiger partial charge < -0.3 is 4.74 Å². The smallest absolute Gasteiger partial charge is 0.338 e. The average Bonchev–Trinajstić information content (AvgIpc) is 2.68. The van der Waals surface area contributed by atoms with Crippen LogP contribution in [-0.2, 0) is 9.53 Å². The maximum absolute atomic E-state index is 11.7. The number of benzene rings is 1. The van der Waals surface area contributed by atoms with Gasteiger partial charge >= 0.3 is 5.97 Å². The lowest BCUT2D eigenvalue weighted by Gasteiger charge is -2.12. The van der Waals surface area contributed by atoms with E-state index in [0.29, 0.717) is 17.7 Å². The minimum absolute atomic E-state index is 0.0602. The van der Waals surface area contributed by atoms with Gasteiger partial charge in [-0.1, -0.05) is 0 Å². The number of anilines is 1. The first-order chi connectivity index (χ1) is 8.97. The van der Waals surface area contributed by atoms with Crippen molar-refractivity contribution in [1.82, 2.24) is 0 Å². The predicted molar refractivity (Wildman–Crippen MR) is 72.2 cm³/mol. The molecule has 0 unspecified atom stereocenters. The first-order valence-corrected chi connectivity index (χ1v) is 6.15. The van der Waals surface area contributed by atoms with Crippen LogP contribution in [0.5, 0.6) is 0 Å². The van der Waals surface area contributed by atoms with Crippen molar-refractivity contribution in [3.8, 4) is 0 Å². The lowest BCUT2D eigenvalue weighted by molar-refractivity contribution is -0.116. The predicted octanol–water partition coefficient (Wildman–Crippen LogP) is 2.36. The topological polar surface area (TPSA) is 59.0 Å². The zero-order valence-electron chi connectivity index (χ0n) is 11.2. The summed E-state index contributed by atoms with van der Waals surface area (Å²) in [6, 6.07) is 6.65. The van der Waals surface area contributed by atoms with Crippen molar-refractivity contribution in [2.24, 2.45) is 5.10 Å². The molecule has 0 atom stereocenters. The highest BCUT2D eigenvalue weighted by Crippen LogP contribution is 2.21. The van der Waals surface area contributed by atoms with Gasteiger partial charge in [0.05, 0.1) is 23.8 Å². The van der Waals surface area contributed by atoms with Gasteiger partial charge in [0.1, 0.15) is 0 Å². The van der Waals surface area contributed by atoms with E-state index in [1.807, 2.05) is 6.92 Å². The highest BCUT2D eigenvalue weighted by Gasteiger charge is 2.22. The highest BCUT2D eigenvalue weighted by molar-refractivity contribution is 6.12. The van der Waals surface area contributed by atoms with Crippen LogP contribution in [0.4, 0.5) is 5.69 Å². The Morgan fingerprint density at radius 1 is 1.32 bits per heavy atom. The van der Waals surface area contributed by atoms with E-state index in [2.05, 4.69) is 5.10 Å². The van der Waals surface area contributed by atoms with E-state index < -0.39 is 0 Å². The van der Waals surface area contributed by atoms with Crippen LogP contribution in [-0.4, -0.2) is 23.7 Å². The zero-order chi connectivity index (χ0) is 14.0. The largest absolute Gasteiger partial charge is 0.459 e. The van der Waals surface area contributed by atoms with Crippen molar-refractivity contribution in [2.75, 3.05) is 5.01 Å². The van der Waals surface area contributed by atoms with Crippen LogP contribution in [0.2, 0.25) is 0 Å². The second-order valence-corrected chi connectivity index (χ2v) is 4.72. The summed E-state index contributed by atoms with van der Waals surface area (Å²) in [7, 11) is 0. The summed E-state index contributed by atoms with van der Waals surface area (Å²) in [4.78, 5) is 23.3. The number of ether oxygens (including phenoxy) is 1. The molecule has 0 spiro atoms. The van der Waals surface area contributed by atoms with Crippen molar-refractivity contribution in [1.29, 1.82) is 0 Å². The molecule has 0 aliphatic carbocycles. The van der Waals surface area contributed by atoms with Gasteiger partial charge in [0, 0.05) is 5.71 Å². The van der Waals surface area contributed by atoms with Crippen LogP contribution in [0.3, 0.4) is 0 Å². The van der Waals surface area contributed by atoms with E-state index in [0.717, 1.165) is 5.71 Å². The van der Waals surface area contributed by atoms with E-state index in [1.54, 1.807) is 38.1 Å². The molecule has 0 saturated heterocycles. The molecule has 19 heavy (non-hydrogen) atoms. The third kappa shape index (κ3) is 2.99. The van der Waals surface area contributed by atoms with Gasteiger partial charge in [0.2, 0.25) is 0 Å². The first kappa shape index (κ1) is 13.3. The molecule has 2 rings (SSSR count). The van der Waals surface area contributed by atoms with Gasteiger partial charge in [0.15, 0.2) is 0 Å². The second-order valence-electron chi connectivity index (χ2n) is 4.72. The monoisotopic (exact) mass is 260 g/mol. The van der Waals surface area contributed by atoms with Crippen LogP contribution < -0.4 is 5.01 Å². The summed E-state index contributed by atoms with van der Waals surface area (Å²) in [6.45, 7) is 5.41. The van der Waals surface area contributed by atoms with E-state index in [4.69, 9.17) is 4.74 Å². The number of hydrogen-bond acceptors (Lipinski definition) is 4. The molecule has 5 nitrogen and oxygen atoms in total. The normalized spacial score (nSPS) is 14.8. The third-order valence-corrected chi connectivity index (χ3v) is 2.60. The molecule has 0 radical (unpaired) electrons. The molecule has 0 bridgehead atoms. The van der Waals surface area contributed by atoms with Gasteiger partial charge in [-0.25, -0.2) is 9.80 Å². The van der Waals surface area contributed by atoms with Crippen LogP contribution in [0.1, 0.15) is 37.6 Å². The zero-order valence-corrected chi connectivity index (χ0v) is 11.2. The fraction of sp³-hybridized carbons (Fsp3) is 0.357. The summed E-state index contributed by atoms with van der Waals surface area (Å²) >= 11 is 0. The molecular weight excluding hydrogens is 244 g/mol. The van der Waals surface area contributed by atoms with Gasteiger partial charge in [-0.2, -0.15) is 5.10 Å². The Morgan fingerprint density at radius 2 is 1.95 bits per heavy atom. The number of amides is 1. The maximum Gasteiger partial charge on any atom is 0.338 e. The van der Waals surface area contributed by atoms with Crippen molar-refractivity contribution >= 4 is 23.3 Å². The number of rotatable bonds is 3. The summed E-state index contributed by atoms with van der Waals surface area (Å²) in [5.74, 6) is -0.427. The van der Waals surface area contributed by atoms with Crippen molar-refractivity contribution < 1.29 is 14.3 Å². The van der Waals surface area contributed by atoms with Crippen LogP contribution in [0.25, 0.3) is 0 Å². The van der Waals surface area contributed by atoms with Crippen LogP contribution >= 0.6 is 0 Å². The molecule has 1 amide bonds. The Balaban J connectivity index is 2.15.